The predicted molar refractivity (Wildman–Crippen MR) is 84.2 cm³/mol. The number of amides is 1. The summed E-state index contributed by atoms with van der Waals surface area (Å²) in [6.07, 6.45) is -1.32. The predicted octanol–water partition coefficient (Wildman–Crippen LogP) is 3.70. The molecular formula is C15H13Cl2FN2O2. The zero-order valence-corrected chi connectivity index (χ0v) is 12.8. The number of aliphatic hydroxyl groups excluding tert-OH is 1. The normalized spacial score (nSPS) is 11.8. The van der Waals surface area contributed by atoms with Crippen LogP contribution in [-0.4, -0.2) is 11.0 Å². The Morgan fingerprint density at radius 2 is 2.00 bits per heavy atom. The van der Waals surface area contributed by atoms with Gasteiger partial charge in [-0.15, -0.1) is 0 Å². The van der Waals surface area contributed by atoms with Gasteiger partial charge in [0.15, 0.2) is 0 Å². The van der Waals surface area contributed by atoms with Crippen LogP contribution in [0.1, 0.15) is 18.1 Å². The number of hydrazine groups is 1. The summed E-state index contributed by atoms with van der Waals surface area (Å²) in [6.45, 7) is 0. The summed E-state index contributed by atoms with van der Waals surface area (Å²) < 4.78 is 13.1. The first kappa shape index (κ1) is 16.5. The van der Waals surface area contributed by atoms with Crippen molar-refractivity contribution in [2.45, 2.75) is 12.5 Å². The van der Waals surface area contributed by atoms with Gasteiger partial charge in [-0.25, -0.2) is 4.39 Å². The van der Waals surface area contributed by atoms with Crippen LogP contribution >= 0.6 is 23.2 Å². The molecule has 116 valence electrons. The van der Waals surface area contributed by atoms with Gasteiger partial charge in [0.05, 0.1) is 23.2 Å². The molecule has 0 spiro atoms. The highest BCUT2D eigenvalue weighted by molar-refractivity contribution is 6.36. The van der Waals surface area contributed by atoms with Crippen LogP contribution < -0.4 is 10.9 Å². The van der Waals surface area contributed by atoms with Crippen LogP contribution in [0.4, 0.5) is 10.1 Å². The maximum atomic E-state index is 13.1. The molecule has 1 atom stereocenters. The van der Waals surface area contributed by atoms with E-state index in [1.165, 1.54) is 24.3 Å². The largest absolute Gasteiger partial charge is 0.388 e. The monoisotopic (exact) mass is 342 g/mol. The fraction of sp³-hybridized carbons (Fsp3) is 0.133. The second-order valence-electron chi connectivity index (χ2n) is 4.57. The number of nitrogens with one attached hydrogen (secondary N) is 2. The van der Waals surface area contributed by atoms with Crippen molar-refractivity contribution >= 4 is 34.8 Å². The van der Waals surface area contributed by atoms with Crippen molar-refractivity contribution in [2.75, 3.05) is 5.43 Å². The van der Waals surface area contributed by atoms with Crippen LogP contribution in [0.3, 0.4) is 0 Å². The highest BCUT2D eigenvalue weighted by Gasteiger charge is 2.13. The summed E-state index contributed by atoms with van der Waals surface area (Å²) in [5.41, 5.74) is 5.84. The van der Waals surface area contributed by atoms with Gasteiger partial charge in [-0.1, -0.05) is 35.3 Å². The molecule has 0 radical (unpaired) electrons. The molecule has 1 amide bonds. The Balaban J connectivity index is 1.90. The van der Waals surface area contributed by atoms with E-state index in [0.29, 0.717) is 21.3 Å². The van der Waals surface area contributed by atoms with E-state index in [1.807, 2.05) is 0 Å². The minimum atomic E-state index is -1.10. The van der Waals surface area contributed by atoms with Crippen molar-refractivity contribution in [3.63, 3.8) is 0 Å². The number of anilines is 1. The van der Waals surface area contributed by atoms with Crippen LogP contribution in [-0.2, 0) is 4.79 Å². The summed E-state index contributed by atoms with van der Waals surface area (Å²) in [6, 6.07) is 10.2. The summed E-state index contributed by atoms with van der Waals surface area (Å²) >= 11 is 11.7. The van der Waals surface area contributed by atoms with E-state index in [0.717, 1.165) is 0 Å². The van der Waals surface area contributed by atoms with Crippen molar-refractivity contribution in [1.29, 1.82) is 0 Å². The van der Waals surface area contributed by atoms with E-state index >= 15 is 0 Å². The maximum absolute atomic E-state index is 13.1. The molecule has 1 unspecified atom stereocenters. The van der Waals surface area contributed by atoms with Gasteiger partial charge in [-0.05, 0) is 35.9 Å². The third kappa shape index (κ3) is 4.59. The van der Waals surface area contributed by atoms with E-state index in [-0.39, 0.29) is 6.42 Å². The number of hydrogen-bond donors (Lipinski definition) is 3. The zero-order chi connectivity index (χ0) is 16.1. The third-order valence-corrected chi connectivity index (χ3v) is 3.43. The Labute approximate surface area is 136 Å². The Bertz CT molecular complexity index is 682. The van der Waals surface area contributed by atoms with Gasteiger partial charge >= 0.3 is 0 Å². The lowest BCUT2D eigenvalue weighted by Gasteiger charge is -2.13. The lowest BCUT2D eigenvalue weighted by Crippen LogP contribution is -2.30. The molecule has 0 fully saturated rings. The van der Waals surface area contributed by atoms with E-state index in [9.17, 15) is 14.3 Å². The SMILES string of the molecule is O=C(CC(O)c1cccc(F)c1)NNc1ccc(Cl)cc1Cl. The van der Waals surface area contributed by atoms with E-state index < -0.39 is 17.8 Å². The molecule has 0 aliphatic rings. The van der Waals surface area contributed by atoms with Gasteiger partial charge in [0.25, 0.3) is 0 Å². The van der Waals surface area contributed by atoms with Gasteiger partial charge < -0.3 is 5.11 Å². The molecule has 0 aliphatic heterocycles. The first-order valence-corrected chi connectivity index (χ1v) is 7.15. The third-order valence-electron chi connectivity index (χ3n) is 2.88. The number of carbonyl (C=O) groups excluding carboxylic acids is 1. The van der Waals surface area contributed by atoms with Gasteiger partial charge in [-0.3, -0.25) is 15.6 Å². The smallest absolute Gasteiger partial charge is 0.241 e. The molecular weight excluding hydrogens is 330 g/mol. The van der Waals surface area contributed by atoms with Gasteiger partial charge in [0.1, 0.15) is 5.82 Å². The second-order valence-corrected chi connectivity index (χ2v) is 5.42. The Morgan fingerprint density at radius 3 is 2.68 bits per heavy atom. The minimum absolute atomic E-state index is 0.221. The molecule has 0 heterocycles. The van der Waals surface area contributed by atoms with Gasteiger partial charge in [-0.2, -0.15) is 0 Å². The number of carbonyl (C=O) groups is 1. The molecule has 22 heavy (non-hydrogen) atoms. The van der Waals surface area contributed by atoms with Crippen molar-refractivity contribution in [3.05, 3.63) is 63.9 Å². The molecule has 7 heteroatoms. The average Bonchev–Trinajstić information content (AvgIpc) is 2.46. The van der Waals surface area contributed by atoms with E-state index in [2.05, 4.69) is 10.9 Å². The van der Waals surface area contributed by atoms with E-state index in [1.54, 1.807) is 18.2 Å². The van der Waals surface area contributed by atoms with Crippen LogP contribution in [0.25, 0.3) is 0 Å². The second kappa shape index (κ2) is 7.45. The molecule has 4 nitrogen and oxygen atoms in total. The van der Waals surface area contributed by atoms with Crippen LogP contribution in [0.15, 0.2) is 42.5 Å². The summed E-state index contributed by atoms with van der Waals surface area (Å²) in [7, 11) is 0. The Morgan fingerprint density at radius 1 is 1.23 bits per heavy atom. The topological polar surface area (TPSA) is 61.4 Å². The fourth-order valence-corrected chi connectivity index (χ4v) is 2.24. The van der Waals surface area contributed by atoms with Crippen molar-refractivity contribution in [2.24, 2.45) is 0 Å². The summed E-state index contributed by atoms with van der Waals surface area (Å²) in [5.74, 6) is -0.939. The molecule has 0 saturated carbocycles. The number of halogens is 3. The molecule has 2 aromatic carbocycles. The zero-order valence-electron chi connectivity index (χ0n) is 11.3. The molecule has 2 rings (SSSR count). The van der Waals surface area contributed by atoms with E-state index in [4.69, 9.17) is 23.2 Å². The molecule has 3 N–H and O–H groups in total. The summed E-state index contributed by atoms with van der Waals surface area (Å²) in [4.78, 5) is 11.8. The Hall–Kier alpha value is -1.82. The molecule has 0 saturated heterocycles. The molecule has 2 aromatic rings. The van der Waals surface area contributed by atoms with Crippen molar-refractivity contribution < 1.29 is 14.3 Å². The minimum Gasteiger partial charge on any atom is -0.388 e. The lowest BCUT2D eigenvalue weighted by atomic mass is 10.1. The Kier molecular flexibility index (Phi) is 5.60. The molecule has 0 bridgehead atoms. The number of rotatable bonds is 5. The number of benzene rings is 2. The highest BCUT2D eigenvalue weighted by Crippen LogP contribution is 2.24. The lowest BCUT2D eigenvalue weighted by molar-refractivity contribution is -0.122. The first-order chi connectivity index (χ1) is 10.5. The van der Waals surface area contributed by atoms with Crippen LogP contribution in [0, 0.1) is 5.82 Å². The van der Waals surface area contributed by atoms with Crippen molar-refractivity contribution in [1.82, 2.24) is 5.43 Å². The number of aliphatic hydroxyl groups is 1. The van der Waals surface area contributed by atoms with Crippen molar-refractivity contribution in [3.8, 4) is 0 Å². The van der Waals surface area contributed by atoms with Gasteiger partial charge in [0, 0.05) is 5.02 Å². The molecule has 0 aliphatic carbocycles. The average molecular weight is 343 g/mol. The number of hydrogen-bond acceptors (Lipinski definition) is 3. The quantitative estimate of drug-likeness (QED) is 0.726. The van der Waals surface area contributed by atoms with Crippen LogP contribution in [0.2, 0.25) is 10.0 Å². The molecule has 0 aromatic heterocycles. The standard InChI is InChI=1S/C15H13Cl2FN2O2/c16-10-4-5-13(12(17)7-10)19-20-15(22)8-14(21)9-2-1-3-11(18)6-9/h1-7,14,19,21H,8H2,(H,20,22). The fourth-order valence-electron chi connectivity index (χ4n) is 1.79. The maximum Gasteiger partial charge on any atom is 0.241 e. The van der Waals surface area contributed by atoms with Gasteiger partial charge in [0.2, 0.25) is 5.91 Å². The first-order valence-electron chi connectivity index (χ1n) is 6.39. The van der Waals surface area contributed by atoms with Crippen LogP contribution in [0.5, 0.6) is 0 Å². The highest BCUT2D eigenvalue weighted by atomic mass is 35.5. The summed E-state index contributed by atoms with van der Waals surface area (Å²) in [5, 5.41) is 10.7.